The molecule has 2 atom stereocenters. The standard InChI is InChI=1S/C23H28FN3/c1-15-5-7-17(8-6-15)20-12-27(14-23(20)26(3)4)13-22-16(2)19-11-18(24)9-10-21(19)25-22/h5-11,20,23,25H,12-14H2,1-4H3/t20-,23+/m0/s1. The number of halogens is 1. The van der Waals surface area contributed by atoms with Gasteiger partial charge in [0, 0.05) is 48.2 Å². The number of aromatic amines is 1. The van der Waals surface area contributed by atoms with Gasteiger partial charge in [0.15, 0.2) is 0 Å². The molecule has 0 saturated carbocycles. The largest absolute Gasteiger partial charge is 0.357 e. The molecule has 2 aromatic carbocycles. The number of nitrogens with one attached hydrogen (secondary N) is 1. The van der Waals surface area contributed by atoms with E-state index in [1.54, 1.807) is 6.07 Å². The molecule has 0 unspecified atom stereocenters. The van der Waals surface area contributed by atoms with Crippen LogP contribution in [-0.2, 0) is 6.54 Å². The molecule has 0 amide bonds. The van der Waals surface area contributed by atoms with Crippen molar-refractivity contribution in [1.29, 1.82) is 0 Å². The first kappa shape index (κ1) is 18.2. The summed E-state index contributed by atoms with van der Waals surface area (Å²) in [5.41, 5.74) is 6.08. The molecule has 1 aromatic heterocycles. The molecule has 1 saturated heterocycles. The first-order valence-corrected chi connectivity index (χ1v) is 9.64. The highest BCUT2D eigenvalue weighted by Crippen LogP contribution is 2.32. The molecule has 0 spiro atoms. The maximum Gasteiger partial charge on any atom is 0.123 e. The third kappa shape index (κ3) is 3.52. The Bertz CT molecular complexity index is 942. The summed E-state index contributed by atoms with van der Waals surface area (Å²) < 4.78 is 13.6. The first-order chi connectivity index (χ1) is 12.9. The first-order valence-electron chi connectivity index (χ1n) is 9.64. The Morgan fingerprint density at radius 3 is 2.52 bits per heavy atom. The molecular formula is C23H28FN3. The van der Waals surface area contributed by atoms with Crippen molar-refractivity contribution in [3.8, 4) is 0 Å². The monoisotopic (exact) mass is 365 g/mol. The fraction of sp³-hybridized carbons (Fsp3) is 0.391. The number of likely N-dealkylation sites (tertiary alicyclic amines) is 1. The molecule has 142 valence electrons. The predicted octanol–water partition coefficient (Wildman–Crippen LogP) is 4.45. The van der Waals surface area contributed by atoms with Crippen molar-refractivity contribution < 1.29 is 4.39 Å². The van der Waals surface area contributed by atoms with Crippen LogP contribution >= 0.6 is 0 Å². The van der Waals surface area contributed by atoms with Crippen LogP contribution < -0.4 is 0 Å². The van der Waals surface area contributed by atoms with Crippen molar-refractivity contribution in [3.63, 3.8) is 0 Å². The van der Waals surface area contributed by atoms with Gasteiger partial charge in [-0.1, -0.05) is 29.8 Å². The van der Waals surface area contributed by atoms with Crippen molar-refractivity contribution in [1.82, 2.24) is 14.8 Å². The van der Waals surface area contributed by atoms with E-state index in [1.165, 1.54) is 22.9 Å². The summed E-state index contributed by atoms with van der Waals surface area (Å²) >= 11 is 0. The summed E-state index contributed by atoms with van der Waals surface area (Å²) in [6.07, 6.45) is 0. The summed E-state index contributed by atoms with van der Waals surface area (Å²) in [4.78, 5) is 8.36. The highest BCUT2D eigenvalue weighted by molar-refractivity contribution is 5.84. The van der Waals surface area contributed by atoms with E-state index in [2.05, 4.69) is 67.0 Å². The Morgan fingerprint density at radius 1 is 1.07 bits per heavy atom. The van der Waals surface area contributed by atoms with Crippen LogP contribution in [0, 0.1) is 19.7 Å². The minimum atomic E-state index is -0.176. The average molecular weight is 365 g/mol. The molecule has 2 heterocycles. The van der Waals surface area contributed by atoms with Crippen molar-refractivity contribution >= 4 is 10.9 Å². The van der Waals surface area contributed by atoms with Crippen molar-refractivity contribution in [2.24, 2.45) is 0 Å². The summed E-state index contributed by atoms with van der Waals surface area (Å²) in [6, 6.07) is 14.5. The molecule has 0 bridgehead atoms. The van der Waals surface area contributed by atoms with Gasteiger partial charge in [-0.05, 0) is 57.3 Å². The highest BCUT2D eigenvalue weighted by atomic mass is 19.1. The van der Waals surface area contributed by atoms with Gasteiger partial charge in [0.25, 0.3) is 0 Å². The molecule has 1 aliphatic rings. The Hall–Kier alpha value is -2.17. The van der Waals surface area contributed by atoms with Crippen LogP contribution in [0.15, 0.2) is 42.5 Å². The predicted molar refractivity (Wildman–Crippen MR) is 110 cm³/mol. The normalized spacial score (nSPS) is 20.8. The van der Waals surface area contributed by atoms with Gasteiger partial charge in [0.2, 0.25) is 0 Å². The molecule has 4 heteroatoms. The van der Waals surface area contributed by atoms with Gasteiger partial charge in [-0.25, -0.2) is 4.39 Å². The number of rotatable bonds is 4. The smallest absolute Gasteiger partial charge is 0.123 e. The fourth-order valence-corrected chi connectivity index (χ4v) is 4.40. The third-order valence-electron chi connectivity index (χ3n) is 6.04. The molecule has 1 N–H and O–H groups in total. The van der Waals surface area contributed by atoms with Crippen molar-refractivity contribution in [3.05, 3.63) is 70.7 Å². The lowest BCUT2D eigenvalue weighted by molar-refractivity contribution is 0.258. The number of nitrogens with zero attached hydrogens (tertiary/aromatic N) is 2. The minimum absolute atomic E-state index is 0.176. The van der Waals surface area contributed by atoms with Crippen LogP contribution in [0.3, 0.4) is 0 Å². The zero-order chi connectivity index (χ0) is 19.1. The van der Waals surface area contributed by atoms with Gasteiger partial charge in [-0.2, -0.15) is 0 Å². The summed E-state index contributed by atoms with van der Waals surface area (Å²) in [7, 11) is 4.35. The number of benzene rings is 2. The van der Waals surface area contributed by atoms with E-state index in [-0.39, 0.29) is 5.82 Å². The van der Waals surface area contributed by atoms with Crippen LogP contribution in [0.25, 0.3) is 10.9 Å². The maximum absolute atomic E-state index is 13.6. The lowest BCUT2D eigenvalue weighted by Gasteiger charge is -2.25. The molecule has 0 aliphatic carbocycles. The molecule has 3 nitrogen and oxygen atoms in total. The van der Waals surface area contributed by atoms with Crippen molar-refractivity contribution in [2.75, 3.05) is 27.2 Å². The van der Waals surface area contributed by atoms with Gasteiger partial charge in [-0.15, -0.1) is 0 Å². The topological polar surface area (TPSA) is 22.3 Å². The van der Waals surface area contributed by atoms with E-state index in [9.17, 15) is 4.39 Å². The van der Waals surface area contributed by atoms with Gasteiger partial charge in [0.05, 0.1) is 0 Å². The average Bonchev–Trinajstić information content (AvgIpc) is 3.19. The fourth-order valence-electron chi connectivity index (χ4n) is 4.40. The van der Waals surface area contributed by atoms with Gasteiger partial charge in [-0.3, -0.25) is 4.90 Å². The number of hydrogen-bond acceptors (Lipinski definition) is 2. The minimum Gasteiger partial charge on any atom is -0.357 e. The molecule has 0 radical (unpaired) electrons. The summed E-state index contributed by atoms with van der Waals surface area (Å²) in [5, 5.41) is 0.989. The molecule has 27 heavy (non-hydrogen) atoms. The van der Waals surface area contributed by atoms with E-state index >= 15 is 0 Å². The zero-order valence-corrected chi connectivity index (χ0v) is 16.6. The van der Waals surface area contributed by atoms with E-state index < -0.39 is 0 Å². The number of aryl methyl sites for hydroxylation is 2. The molecule has 1 aliphatic heterocycles. The van der Waals surface area contributed by atoms with Gasteiger partial charge in [0.1, 0.15) is 5.82 Å². The summed E-state index contributed by atoms with van der Waals surface area (Å²) in [5.74, 6) is 0.326. The van der Waals surface area contributed by atoms with Crippen LogP contribution in [0.1, 0.15) is 28.3 Å². The van der Waals surface area contributed by atoms with Crippen LogP contribution in [0.4, 0.5) is 4.39 Å². The number of hydrogen-bond donors (Lipinski definition) is 1. The number of aromatic nitrogens is 1. The molecule has 3 aromatic rings. The van der Waals surface area contributed by atoms with E-state index in [0.717, 1.165) is 36.1 Å². The zero-order valence-electron chi connectivity index (χ0n) is 16.6. The van der Waals surface area contributed by atoms with E-state index in [0.29, 0.717) is 12.0 Å². The highest BCUT2D eigenvalue weighted by Gasteiger charge is 2.35. The van der Waals surface area contributed by atoms with E-state index in [4.69, 9.17) is 0 Å². The van der Waals surface area contributed by atoms with Crippen LogP contribution in [-0.4, -0.2) is 48.0 Å². The van der Waals surface area contributed by atoms with Gasteiger partial charge < -0.3 is 9.88 Å². The van der Waals surface area contributed by atoms with Crippen molar-refractivity contribution in [2.45, 2.75) is 32.4 Å². The Labute approximate surface area is 160 Å². The molecule has 1 fully saturated rings. The van der Waals surface area contributed by atoms with Crippen LogP contribution in [0.5, 0.6) is 0 Å². The number of likely N-dealkylation sites (N-methyl/N-ethyl adjacent to an activating group) is 1. The second-order valence-electron chi connectivity index (χ2n) is 8.16. The Balaban J connectivity index is 1.58. The second-order valence-corrected chi connectivity index (χ2v) is 8.16. The van der Waals surface area contributed by atoms with Gasteiger partial charge >= 0.3 is 0 Å². The maximum atomic E-state index is 13.6. The van der Waals surface area contributed by atoms with Crippen LogP contribution in [0.2, 0.25) is 0 Å². The quantitative estimate of drug-likeness (QED) is 0.738. The van der Waals surface area contributed by atoms with E-state index in [1.807, 2.05) is 6.07 Å². The number of H-pyrrole nitrogens is 1. The summed E-state index contributed by atoms with van der Waals surface area (Å²) in [6.45, 7) is 7.17. The third-order valence-corrected chi connectivity index (χ3v) is 6.04. The second kappa shape index (κ2) is 7.10. The Morgan fingerprint density at radius 2 is 1.81 bits per heavy atom. The SMILES string of the molecule is Cc1ccc([C@@H]2CN(Cc3[nH]c4ccc(F)cc4c3C)C[C@H]2N(C)C)cc1. The Kier molecular flexibility index (Phi) is 4.79. The lowest BCUT2D eigenvalue weighted by Crippen LogP contribution is -2.34. The lowest BCUT2D eigenvalue weighted by atomic mass is 9.93. The molecule has 4 rings (SSSR count). The molecular weight excluding hydrogens is 337 g/mol. The number of fused-ring (bicyclic) bond motifs is 1.